The summed E-state index contributed by atoms with van der Waals surface area (Å²) >= 11 is 0. The quantitative estimate of drug-likeness (QED) is 0.809. The van der Waals surface area contributed by atoms with E-state index in [4.69, 9.17) is 9.52 Å². The Morgan fingerprint density at radius 1 is 1.30 bits per heavy atom. The molecule has 23 heavy (non-hydrogen) atoms. The van der Waals surface area contributed by atoms with Crippen molar-refractivity contribution in [3.63, 3.8) is 0 Å². The molecule has 122 valence electrons. The van der Waals surface area contributed by atoms with Crippen LogP contribution in [-0.2, 0) is 23.7 Å². The van der Waals surface area contributed by atoms with Crippen molar-refractivity contribution >= 4 is 5.78 Å². The number of carbonyl (C=O) groups is 1. The molecule has 1 fully saturated rings. The Balaban J connectivity index is 1.85. The molecule has 2 aliphatic carbocycles. The lowest BCUT2D eigenvalue weighted by atomic mass is 9.56. The van der Waals surface area contributed by atoms with Gasteiger partial charge in [0.1, 0.15) is 11.5 Å². The summed E-state index contributed by atoms with van der Waals surface area (Å²) < 4.78 is 7.51. The highest BCUT2D eigenvalue weighted by Crippen LogP contribution is 2.52. The summed E-state index contributed by atoms with van der Waals surface area (Å²) in [6, 6.07) is 0. The highest BCUT2D eigenvalue weighted by Gasteiger charge is 2.50. The summed E-state index contributed by atoms with van der Waals surface area (Å²) in [5.41, 5.74) is 3.24. The van der Waals surface area contributed by atoms with Crippen LogP contribution in [0.3, 0.4) is 0 Å². The van der Waals surface area contributed by atoms with Gasteiger partial charge in [-0.15, -0.1) is 10.2 Å². The molecule has 0 aliphatic heterocycles. The number of fused-ring (bicyclic) bond motifs is 3. The van der Waals surface area contributed by atoms with Crippen LogP contribution in [0, 0.1) is 18.8 Å². The fraction of sp³-hybridized carbons (Fsp3) is 0.647. The number of nitrogens with zero attached hydrogens (tertiary/aromatic N) is 4. The second-order valence-electron chi connectivity index (χ2n) is 7.24. The van der Waals surface area contributed by atoms with Crippen LogP contribution >= 0.6 is 0 Å². The van der Waals surface area contributed by atoms with E-state index < -0.39 is 0 Å². The summed E-state index contributed by atoms with van der Waals surface area (Å²) in [5, 5.41) is 13.0. The number of aromatic nitrogens is 4. The van der Waals surface area contributed by atoms with Gasteiger partial charge in [0, 0.05) is 37.3 Å². The number of Topliss-reactive ketones (excluding diaryl/α,β-unsaturated/α-hetero) is 1. The first-order valence-electron chi connectivity index (χ1n) is 8.31. The van der Waals surface area contributed by atoms with Crippen LogP contribution in [0.5, 0.6) is 0 Å². The molecule has 2 aliphatic rings. The van der Waals surface area contributed by atoms with E-state index in [1.165, 1.54) is 5.56 Å². The zero-order valence-corrected chi connectivity index (χ0v) is 14.1. The van der Waals surface area contributed by atoms with Crippen molar-refractivity contribution in [2.75, 3.05) is 0 Å². The molecule has 2 aromatic heterocycles. The van der Waals surface area contributed by atoms with Crippen LogP contribution < -0.4 is 0 Å². The van der Waals surface area contributed by atoms with Gasteiger partial charge in [-0.2, -0.15) is 5.10 Å². The lowest BCUT2D eigenvalue weighted by molar-refractivity contribution is -0.128. The van der Waals surface area contributed by atoms with E-state index in [-0.39, 0.29) is 11.3 Å². The Morgan fingerprint density at radius 3 is 2.78 bits per heavy atom. The Hall–Kier alpha value is -1.98. The average Bonchev–Trinajstić information content (AvgIpc) is 3.07. The Kier molecular flexibility index (Phi) is 3.02. The SMILES string of the molecule is Cc1nnc(-c2c3c(nn2C)C2(C)CCC(=O)[C@@H](C)[C@@H]2CC3)o1. The van der Waals surface area contributed by atoms with Crippen molar-refractivity contribution in [2.24, 2.45) is 18.9 Å². The second kappa shape index (κ2) is 4.76. The predicted molar refractivity (Wildman–Crippen MR) is 83.8 cm³/mol. The van der Waals surface area contributed by atoms with Crippen molar-refractivity contribution in [2.45, 2.75) is 51.9 Å². The molecule has 4 rings (SSSR count). The maximum atomic E-state index is 12.1. The molecular weight excluding hydrogens is 292 g/mol. The smallest absolute Gasteiger partial charge is 0.266 e. The van der Waals surface area contributed by atoms with E-state index in [1.807, 2.05) is 11.7 Å². The van der Waals surface area contributed by atoms with Crippen LogP contribution in [0.15, 0.2) is 4.42 Å². The third-order valence-corrected chi connectivity index (χ3v) is 5.94. The minimum Gasteiger partial charge on any atom is -0.420 e. The van der Waals surface area contributed by atoms with E-state index >= 15 is 0 Å². The minimum absolute atomic E-state index is 0.0357. The first-order valence-corrected chi connectivity index (χ1v) is 8.31. The lowest BCUT2D eigenvalue weighted by Crippen LogP contribution is -2.46. The summed E-state index contributed by atoms with van der Waals surface area (Å²) in [6.45, 7) is 6.15. The number of hydrogen-bond acceptors (Lipinski definition) is 5. The van der Waals surface area contributed by atoms with Gasteiger partial charge in [-0.05, 0) is 25.2 Å². The van der Waals surface area contributed by atoms with E-state index in [0.29, 0.717) is 29.9 Å². The van der Waals surface area contributed by atoms with Crippen LogP contribution in [0.1, 0.15) is 50.3 Å². The third-order valence-electron chi connectivity index (χ3n) is 5.94. The first-order chi connectivity index (χ1) is 10.9. The van der Waals surface area contributed by atoms with Crippen molar-refractivity contribution in [3.05, 3.63) is 17.1 Å². The fourth-order valence-electron chi connectivity index (χ4n) is 4.66. The lowest BCUT2D eigenvalue weighted by Gasteiger charge is -2.46. The largest absolute Gasteiger partial charge is 0.420 e. The Bertz CT molecular complexity index is 791. The number of aryl methyl sites for hydroxylation is 2. The molecule has 0 bridgehead atoms. The van der Waals surface area contributed by atoms with Gasteiger partial charge >= 0.3 is 0 Å². The van der Waals surface area contributed by atoms with Crippen molar-refractivity contribution in [1.82, 2.24) is 20.0 Å². The van der Waals surface area contributed by atoms with Gasteiger partial charge in [0.05, 0.1) is 5.69 Å². The molecule has 6 heteroatoms. The van der Waals surface area contributed by atoms with Gasteiger partial charge in [-0.3, -0.25) is 9.48 Å². The van der Waals surface area contributed by atoms with E-state index in [1.54, 1.807) is 6.92 Å². The highest BCUT2D eigenvalue weighted by molar-refractivity contribution is 5.82. The van der Waals surface area contributed by atoms with Gasteiger partial charge in [0.15, 0.2) is 0 Å². The van der Waals surface area contributed by atoms with Crippen LogP contribution in [0.2, 0.25) is 0 Å². The number of ketones is 1. The molecule has 0 spiro atoms. The highest BCUT2D eigenvalue weighted by atomic mass is 16.4. The summed E-state index contributed by atoms with van der Waals surface area (Å²) in [7, 11) is 1.93. The van der Waals surface area contributed by atoms with Gasteiger partial charge in [-0.1, -0.05) is 13.8 Å². The standard InChI is InChI=1S/C17H22N4O2/c1-9-12-6-5-11-14(16-19-18-10(2)23-16)21(4)20-15(11)17(12,3)8-7-13(9)22/h9,12H,5-8H2,1-4H3/t9-,12-,17?/m0/s1. The zero-order chi connectivity index (χ0) is 16.4. The zero-order valence-electron chi connectivity index (χ0n) is 14.1. The van der Waals surface area contributed by atoms with Crippen molar-refractivity contribution in [1.29, 1.82) is 0 Å². The maximum Gasteiger partial charge on any atom is 0.266 e. The fourth-order valence-corrected chi connectivity index (χ4v) is 4.66. The topological polar surface area (TPSA) is 73.8 Å². The molecule has 6 nitrogen and oxygen atoms in total. The van der Waals surface area contributed by atoms with Gasteiger partial charge < -0.3 is 4.42 Å². The van der Waals surface area contributed by atoms with Crippen molar-refractivity contribution < 1.29 is 9.21 Å². The van der Waals surface area contributed by atoms with Gasteiger partial charge in [-0.25, -0.2) is 0 Å². The molecule has 2 heterocycles. The molecule has 3 atom stereocenters. The Morgan fingerprint density at radius 2 is 2.09 bits per heavy atom. The van der Waals surface area contributed by atoms with E-state index in [0.717, 1.165) is 30.7 Å². The van der Waals surface area contributed by atoms with Gasteiger partial charge in [0.2, 0.25) is 5.89 Å². The average molecular weight is 314 g/mol. The Labute approximate surface area is 135 Å². The van der Waals surface area contributed by atoms with Crippen molar-refractivity contribution in [3.8, 4) is 11.6 Å². The molecule has 1 saturated carbocycles. The van der Waals surface area contributed by atoms with Crippen LogP contribution in [0.4, 0.5) is 0 Å². The molecular formula is C17H22N4O2. The number of hydrogen-bond donors (Lipinski definition) is 0. The van der Waals surface area contributed by atoms with Crippen LogP contribution in [0.25, 0.3) is 11.6 Å². The normalized spacial score (nSPS) is 30.2. The summed E-state index contributed by atoms with van der Waals surface area (Å²) in [4.78, 5) is 12.1. The van der Waals surface area contributed by atoms with Crippen LogP contribution in [-0.4, -0.2) is 25.8 Å². The molecule has 0 radical (unpaired) electrons. The first kappa shape index (κ1) is 14.6. The molecule has 0 saturated heterocycles. The molecule has 0 N–H and O–H groups in total. The summed E-state index contributed by atoms with van der Waals surface area (Å²) in [5.74, 6) is 2.01. The molecule has 0 aromatic carbocycles. The number of rotatable bonds is 1. The third kappa shape index (κ3) is 1.93. The van der Waals surface area contributed by atoms with Gasteiger partial charge in [0.25, 0.3) is 5.89 Å². The van der Waals surface area contributed by atoms with E-state index in [2.05, 4.69) is 24.0 Å². The second-order valence-corrected chi connectivity index (χ2v) is 7.24. The minimum atomic E-state index is -0.0357. The number of carbonyl (C=O) groups excluding carboxylic acids is 1. The predicted octanol–water partition coefficient (Wildman–Crippen LogP) is 2.60. The molecule has 0 amide bonds. The molecule has 1 unspecified atom stereocenters. The summed E-state index contributed by atoms with van der Waals surface area (Å²) in [6.07, 6.45) is 3.46. The molecule has 2 aromatic rings. The maximum absolute atomic E-state index is 12.1. The van der Waals surface area contributed by atoms with E-state index in [9.17, 15) is 4.79 Å². The monoisotopic (exact) mass is 314 g/mol.